The van der Waals surface area contributed by atoms with Gasteiger partial charge in [-0.05, 0) is 42.0 Å². The molecule has 20 heavy (non-hydrogen) atoms. The summed E-state index contributed by atoms with van der Waals surface area (Å²) in [7, 11) is 0. The lowest BCUT2D eigenvalue weighted by Crippen LogP contribution is -2.31. The lowest BCUT2D eigenvalue weighted by molar-refractivity contribution is -0.115. The summed E-state index contributed by atoms with van der Waals surface area (Å²) in [6, 6.07) is 1.69. The van der Waals surface area contributed by atoms with E-state index < -0.39 is 0 Å². The molecule has 1 unspecified atom stereocenters. The first kappa shape index (κ1) is 14.0. The molecule has 106 valence electrons. The van der Waals surface area contributed by atoms with Gasteiger partial charge in [-0.3, -0.25) is 4.79 Å². The molecule has 2 aliphatic rings. The van der Waals surface area contributed by atoms with Crippen LogP contribution in [0.25, 0.3) is 5.57 Å². The van der Waals surface area contributed by atoms with E-state index in [0.29, 0.717) is 17.4 Å². The molecular formula is C16H16Cl2O2. The van der Waals surface area contributed by atoms with Crippen LogP contribution < -0.4 is 0 Å². The molecule has 0 aromatic heterocycles. The summed E-state index contributed by atoms with van der Waals surface area (Å²) in [5.74, 6) is 0.551. The van der Waals surface area contributed by atoms with Gasteiger partial charge in [0, 0.05) is 17.4 Å². The van der Waals surface area contributed by atoms with Gasteiger partial charge in [0.15, 0.2) is 5.78 Å². The largest absolute Gasteiger partial charge is 0.506 e. The highest BCUT2D eigenvalue weighted by Crippen LogP contribution is 2.59. The van der Waals surface area contributed by atoms with Crippen LogP contribution in [0.2, 0.25) is 10.0 Å². The molecule has 1 N–H and O–H groups in total. The minimum atomic E-state index is -0.0585. The van der Waals surface area contributed by atoms with E-state index in [1.54, 1.807) is 12.1 Å². The zero-order chi connectivity index (χ0) is 14.7. The van der Waals surface area contributed by atoms with Gasteiger partial charge in [0.2, 0.25) is 0 Å². The minimum Gasteiger partial charge on any atom is -0.506 e. The van der Waals surface area contributed by atoms with Gasteiger partial charge in [-0.1, -0.05) is 37.0 Å². The Morgan fingerprint density at radius 2 is 2.00 bits per heavy atom. The predicted molar refractivity (Wildman–Crippen MR) is 81.3 cm³/mol. The van der Waals surface area contributed by atoms with Crippen LogP contribution in [0.5, 0.6) is 5.75 Å². The van der Waals surface area contributed by atoms with E-state index in [1.807, 2.05) is 0 Å². The maximum atomic E-state index is 11.8. The van der Waals surface area contributed by atoms with E-state index in [1.165, 1.54) is 0 Å². The number of halogens is 2. The van der Waals surface area contributed by atoms with Gasteiger partial charge < -0.3 is 5.11 Å². The monoisotopic (exact) mass is 310 g/mol. The van der Waals surface area contributed by atoms with Crippen LogP contribution in [0.4, 0.5) is 0 Å². The van der Waals surface area contributed by atoms with Gasteiger partial charge in [0.1, 0.15) is 10.8 Å². The summed E-state index contributed by atoms with van der Waals surface area (Å²) in [5.41, 5.74) is 2.80. The Labute approximate surface area is 128 Å². The smallest absolute Gasteiger partial charge is 0.156 e. The van der Waals surface area contributed by atoms with Crippen LogP contribution in [0.1, 0.15) is 37.8 Å². The van der Waals surface area contributed by atoms with E-state index in [-0.39, 0.29) is 22.0 Å². The molecule has 4 heteroatoms. The summed E-state index contributed by atoms with van der Waals surface area (Å²) in [5, 5.41) is 10.4. The third-order valence-corrected chi connectivity index (χ3v) is 5.67. The first-order valence-electron chi connectivity index (χ1n) is 6.82. The number of aromatic hydroxyl groups is 1. The number of ketones is 1. The molecule has 0 fully saturated rings. The molecule has 0 saturated carbocycles. The fourth-order valence-electron chi connectivity index (χ4n) is 3.60. The predicted octanol–water partition coefficient (Wildman–Crippen LogP) is 4.64. The molecule has 0 spiro atoms. The lowest BCUT2D eigenvalue weighted by atomic mass is 9.66. The second-order valence-corrected chi connectivity index (χ2v) is 6.83. The van der Waals surface area contributed by atoms with E-state index in [9.17, 15) is 9.90 Å². The summed E-state index contributed by atoms with van der Waals surface area (Å²) in [4.78, 5) is 11.8. The Hall–Kier alpha value is -0.990. The lowest BCUT2D eigenvalue weighted by Gasteiger charge is -2.37. The number of hydrogen-bond donors (Lipinski definition) is 1. The summed E-state index contributed by atoms with van der Waals surface area (Å²) < 4.78 is 0. The molecule has 0 radical (unpaired) electrons. The highest BCUT2D eigenvalue weighted by Gasteiger charge is 2.47. The van der Waals surface area contributed by atoms with Gasteiger partial charge in [-0.15, -0.1) is 0 Å². The summed E-state index contributed by atoms with van der Waals surface area (Å²) in [6.07, 6.45) is 3.95. The van der Waals surface area contributed by atoms with Gasteiger partial charge in [-0.25, -0.2) is 0 Å². The maximum Gasteiger partial charge on any atom is 0.156 e. The highest BCUT2D eigenvalue weighted by atomic mass is 35.5. The van der Waals surface area contributed by atoms with E-state index in [0.717, 1.165) is 29.5 Å². The molecule has 1 aromatic carbocycles. The van der Waals surface area contributed by atoms with Crippen LogP contribution in [-0.4, -0.2) is 10.9 Å². The van der Waals surface area contributed by atoms with Crippen LogP contribution in [0.3, 0.4) is 0 Å². The standard InChI is InChI=1S/C16H16Cl2O2/c1-8(2)16-4-3-10(19)6-11(16)13-9(7-16)5-12(20)14(17)15(13)18/h5-6,8,20H,3-4,7H2,1-2H3. The number of fused-ring (bicyclic) bond motifs is 3. The number of benzene rings is 1. The Bertz CT molecular complexity index is 646. The van der Waals surface area contributed by atoms with Crippen molar-refractivity contribution >= 4 is 34.6 Å². The van der Waals surface area contributed by atoms with Crippen LogP contribution in [-0.2, 0) is 11.2 Å². The fourth-order valence-corrected chi connectivity index (χ4v) is 4.07. The Morgan fingerprint density at radius 3 is 2.65 bits per heavy atom. The number of carbonyl (C=O) groups is 1. The average molecular weight is 311 g/mol. The van der Waals surface area contributed by atoms with Crippen LogP contribution in [0, 0.1) is 11.3 Å². The molecule has 1 atom stereocenters. The molecular weight excluding hydrogens is 295 g/mol. The Morgan fingerprint density at radius 1 is 1.30 bits per heavy atom. The highest BCUT2D eigenvalue weighted by molar-refractivity contribution is 6.44. The quantitative estimate of drug-likeness (QED) is 0.820. The van der Waals surface area contributed by atoms with Crippen molar-refractivity contribution < 1.29 is 9.90 Å². The molecule has 2 nitrogen and oxygen atoms in total. The van der Waals surface area contributed by atoms with Crippen molar-refractivity contribution in [3.8, 4) is 5.75 Å². The number of carbonyl (C=O) groups excluding carboxylic acids is 1. The molecule has 0 bridgehead atoms. The van der Waals surface area contributed by atoms with E-state index in [4.69, 9.17) is 23.2 Å². The summed E-state index contributed by atoms with van der Waals surface area (Å²) in [6.45, 7) is 4.34. The third-order valence-electron chi connectivity index (χ3n) is 4.81. The van der Waals surface area contributed by atoms with Crippen molar-refractivity contribution in [2.24, 2.45) is 11.3 Å². The normalized spacial score (nSPS) is 24.6. The van der Waals surface area contributed by atoms with Crippen LogP contribution in [0.15, 0.2) is 12.1 Å². The van der Waals surface area contributed by atoms with E-state index in [2.05, 4.69) is 13.8 Å². The number of phenols is 1. The molecule has 3 rings (SSSR count). The van der Waals surface area contributed by atoms with Crippen molar-refractivity contribution in [1.82, 2.24) is 0 Å². The molecule has 0 saturated heterocycles. The van der Waals surface area contributed by atoms with Crippen molar-refractivity contribution in [3.05, 3.63) is 33.3 Å². The second kappa shape index (κ2) is 4.51. The first-order valence-corrected chi connectivity index (χ1v) is 7.57. The number of allylic oxidation sites excluding steroid dienone is 2. The molecule has 0 aliphatic heterocycles. The summed E-state index contributed by atoms with van der Waals surface area (Å²) >= 11 is 12.4. The second-order valence-electron chi connectivity index (χ2n) is 6.07. The zero-order valence-corrected chi connectivity index (χ0v) is 13.0. The maximum absolute atomic E-state index is 11.8. The first-order chi connectivity index (χ1) is 9.36. The Balaban J connectivity index is 2.29. The van der Waals surface area contributed by atoms with Crippen molar-refractivity contribution in [2.45, 2.75) is 33.1 Å². The number of rotatable bonds is 1. The van der Waals surface area contributed by atoms with E-state index >= 15 is 0 Å². The fraction of sp³-hybridized carbons (Fsp3) is 0.438. The number of phenolic OH excluding ortho intramolecular Hbond substituents is 1. The van der Waals surface area contributed by atoms with Crippen molar-refractivity contribution in [3.63, 3.8) is 0 Å². The van der Waals surface area contributed by atoms with Gasteiger partial charge >= 0.3 is 0 Å². The van der Waals surface area contributed by atoms with Gasteiger partial charge in [-0.2, -0.15) is 0 Å². The topological polar surface area (TPSA) is 37.3 Å². The van der Waals surface area contributed by atoms with Gasteiger partial charge in [0.25, 0.3) is 0 Å². The molecule has 0 amide bonds. The van der Waals surface area contributed by atoms with Crippen LogP contribution >= 0.6 is 23.2 Å². The molecule has 1 aromatic rings. The number of hydrogen-bond acceptors (Lipinski definition) is 2. The average Bonchev–Trinajstić information content (AvgIpc) is 2.71. The third kappa shape index (κ3) is 1.74. The minimum absolute atomic E-state index is 0.0138. The zero-order valence-electron chi connectivity index (χ0n) is 11.5. The molecule has 0 heterocycles. The molecule has 2 aliphatic carbocycles. The SMILES string of the molecule is CC(C)C12CCC(=O)C=C1c1c(cc(O)c(Cl)c1Cl)C2. The van der Waals surface area contributed by atoms with Crippen molar-refractivity contribution in [1.29, 1.82) is 0 Å². The van der Waals surface area contributed by atoms with Crippen molar-refractivity contribution in [2.75, 3.05) is 0 Å². The van der Waals surface area contributed by atoms with Gasteiger partial charge in [0.05, 0.1) is 5.02 Å². The Kier molecular flexibility index (Phi) is 3.15.